The molecule has 0 aromatic rings. The van der Waals surface area contributed by atoms with Gasteiger partial charge in [0.1, 0.15) is 37.0 Å². The molecule has 0 amide bonds. The van der Waals surface area contributed by atoms with Crippen LogP contribution in [0.25, 0.3) is 0 Å². The molecular weight excluding hydrogens is 396 g/mol. The van der Waals surface area contributed by atoms with Crippen LogP contribution in [0.15, 0.2) is 10.2 Å². The van der Waals surface area contributed by atoms with Crippen molar-refractivity contribution in [2.45, 2.75) is 52.4 Å². The van der Waals surface area contributed by atoms with Crippen molar-refractivity contribution in [1.82, 2.24) is 0 Å². The van der Waals surface area contributed by atoms with Gasteiger partial charge in [-0.1, -0.05) is 39.5 Å². The molecule has 8 saturated heterocycles. The Morgan fingerprint density at radius 1 is 0.625 bits per heavy atom. The second-order valence-corrected chi connectivity index (χ2v) is 12.7. The Balaban J connectivity index is 1.37. The molecule has 0 aliphatic carbocycles. The number of hydrogen-bond acceptors (Lipinski definition) is 2. The average Bonchev–Trinajstić information content (AvgIpc) is 3.16. The third-order valence-electron chi connectivity index (χ3n) is 10.3. The Hall–Kier alpha value is -0.820. The summed E-state index contributed by atoms with van der Waals surface area (Å²) in [4.78, 5) is 7.46. The summed E-state index contributed by atoms with van der Waals surface area (Å²) in [6.45, 7) is 20.8. The number of piperidine rings is 4. The van der Waals surface area contributed by atoms with Crippen LogP contribution in [0.3, 0.4) is 0 Å². The summed E-state index contributed by atoms with van der Waals surface area (Å²) >= 11 is 0. The summed E-state index contributed by atoms with van der Waals surface area (Å²) in [5.41, 5.74) is 3.77. The molecule has 0 aromatic heterocycles. The Bertz CT molecular complexity index is 678. The minimum Gasteiger partial charge on any atom is -0.329 e. The van der Waals surface area contributed by atoms with E-state index >= 15 is 0 Å². The van der Waals surface area contributed by atoms with E-state index in [1.54, 1.807) is 11.4 Å². The fourth-order valence-electron chi connectivity index (χ4n) is 9.07. The van der Waals surface area contributed by atoms with Crippen LogP contribution < -0.4 is 19.6 Å². The molecule has 8 aliphatic heterocycles. The van der Waals surface area contributed by atoms with Gasteiger partial charge in [0, 0.05) is 0 Å². The number of quaternary nitrogens is 4. The van der Waals surface area contributed by atoms with Crippen molar-refractivity contribution >= 4 is 11.4 Å². The largest absolute Gasteiger partial charge is 0.329 e. The first-order valence-electron chi connectivity index (χ1n) is 14.1. The van der Waals surface area contributed by atoms with E-state index in [2.05, 4.69) is 13.8 Å². The van der Waals surface area contributed by atoms with Gasteiger partial charge >= 0.3 is 0 Å². The van der Waals surface area contributed by atoms with Gasteiger partial charge < -0.3 is 19.6 Å². The van der Waals surface area contributed by atoms with Gasteiger partial charge in [-0.25, -0.2) is 0 Å². The highest BCUT2D eigenvalue weighted by Crippen LogP contribution is 2.35. The van der Waals surface area contributed by atoms with Gasteiger partial charge in [0.15, 0.2) is 0 Å². The van der Waals surface area contributed by atoms with E-state index in [4.69, 9.17) is 10.2 Å². The lowest BCUT2D eigenvalue weighted by Crippen LogP contribution is -3.17. The van der Waals surface area contributed by atoms with Crippen LogP contribution in [-0.2, 0) is 0 Å². The van der Waals surface area contributed by atoms with Crippen molar-refractivity contribution in [3.8, 4) is 0 Å². The zero-order chi connectivity index (χ0) is 21.8. The maximum Gasteiger partial charge on any atom is 0.127 e. The quantitative estimate of drug-likeness (QED) is 0.302. The minimum absolute atomic E-state index is 0.339. The van der Waals surface area contributed by atoms with E-state index in [1.165, 1.54) is 117 Å². The van der Waals surface area contributed by atoms with Crippen molar-refractivity contribution in [1.29, 1.82) is 0 Å². The Labute approximate surface area is 195 Å². The molecule has 6 nitrogen and oxygen atoms in total. The van der Waals surface area contributed by atoms with Gasteiger partial charge in [-0.2, -0.15) is 10.2 Å². The van der Waals surface area contributed by atoms with E-state index in [0.717, 1.165) is 0 Å². The highest BCUT2D eigenvalue weighted by Gasteiger charge is 2.59. The van der Waals surface area contributed by atoms with E-state index < -0.39 is 0 Å². The van der Waals surface area contributed by atoms with E-state index in [9.17, 15) is 0 Å². The zero-order valence-electron chi connectivity index (χ0n) is 20.8. The predicted molar refractivity (Wildman–Crippen MR) is 128 cm³/mol. The number of unbranched alkanes of at least 4 members (excludes halogenated alkanes) is 2. The van der Waals surface area contributed by atoms with Gasteiger partial charge in [-0.15, -0.1) is 0 Å². The number of hydrogen-bond donors (Lipinski definition) is 4. The minimum atomic E-state index is 0.339. The molecule has 8 aliphatic rings. The third-order valence-corrected chi connectivity index (χ3v) is 10.3. The topological polar surface area (TPSA) is 42.5 Å². The smallest absolute Gasteiger partial charge is 0.127 e. The first-order valence-corrected chi connectivity index (χ1v) is 14.1. The Morgan fingerprint density at radius 3 is 1.28 bits per heavy atom. The van der Waals surface area contributed by atoms with Crippen LogP contribution in [0, 0.1) is 22.7 Å². The van der Waals surface area contributed by atoms with Gasteiger partial charge in [-0.05, 0) is 12.8 Å². The van der Waals surface area contributed by atoms with Crippen molar-refractivity contribution in [2.24, 2.45) is 32.9 Å². The summed E-state index contributed by atoms with van der Waals surface area (Å²) in [6.07, 6.45) is 8.00. The molecule has 4 unspecified atom stereocenters. The first-order chi connectivity index (χ1) is 15.6. The molecule has 6 heteroatoms. The summed E-state index contributed by atoms with van der Waals surface area (Å²) < 4.78 is 0. The molecule has 0 spiro atoms. The molecule has 4 atom stereocenters. The maximum absolute atomic E-state index is 5.38. The third kappa shape index (κ3) is 3.60. The van der Waals surface area contributed by atoms with Gasteiger partial charge in [0.2, 0.25) is 0 Å². The molecule has 4 N–H and O–H groups in total. The lowest BCUT2D eigenvalue weighted by molar-refractivity contribution is -0.918. The number of nitrogens with zero attached hydrogens (tertiary/aromatic N) is 2. The second kappa shape index (κ2) is 8.44. The van der Waals surface area contributed by atoms with Crippen LogP contribution in [0.1, 0.15) is 52.4 Å². The van der Waals surface area contributed by atoms with Crippen molar-refractivity contribution in [3.63, 3.8) is 0 Å². The summed E-state index contributed by atoms with van der Waals surface area (Å²) in [5, 5.41) is 10.8. The monoisotopic (exact) mass is 444 g/mol. The molecular formula is C26H48N6+4. The standard InChI is InChI=1S/C26H44N6/c1-3-5-7-25-17-29-9-10-30(18-25)14-21(13-29)23(25)27-28-24-22-15-31-11-12-32(16-22)20-26(24,19-31)8-6-4-2/h21-22H,3-20H2,1-2H3/p+4/b27-23-,28-24-. The number of rotatable bonds is 7. The number of nitrogens with one attached hydrogen (secondary N) is 4. The lowest BCUT2D eigenvalue weighted by atomic mass is 9.67. The summed E-state index contributed by atoms with van der Waals surface area (Å²) in [5.74, 6) is 1.36. The molecule has 0 radical (unpaired) electrons. The highest BCUT2D eigenvalue weighted by atomic mass is 15.3. The molecule has 0 aromatic carbocycles. The molecule has 8 fully saturated rings. The number of fused-ring (bicyclic) bond motifs is 2. The fourth-order valence-corrected chi connectivity index (χ4v) is 9.07. The predicted octanol–water partition coefficient (Wildman–Crippen LogP) is -3.01. The first kappa shape index (κ1) is 21.7. The fraction of sp³-hybridized carbons (Fsp3) is 0.923. The SMILES string of the molecule is CCCCC12C[NH+]3CC[NH+](CC(C3)/C1=N/N=C1/C3C[NH+]4CC[NH+](C3)CC1(CCCC)C4)C2. The summed E-state index contributed by atoms with van der Waals surface area (Å²) in [6, 6.07) is 0. The Morgan fingerprint density at radius 2 is 0.969 bits per heavy atom. The highest BCUT2D eigenvalue weighted by molar-refractivity contribution is 5.97. The van der Waals surface area contributed by atoms with Crippen LogP contribution in [0.5, 0.6) is 0 Å². The van der Waals surface area contributed by atoms with Crippen LogP contribution in [0.2, 0.25) is 0 Å². The van der Waals surface area contributed by atoms with Crippen molar-refractivity contribution in [2.75, 3.05) is 78.5 Å². The average molecular weight is 445 g/mol. The van der Waals surface area contributed by atoms with Crippen LogP contribution >= 0.6 is 0 Å². The van der Waals surface area contributed by atoms with E-state index in [0.29, 0.717) is 22.7 Å². The normalized spacial score (nSPS) is 49.2. The molecule has 8 heterocycles. The van der Waals surface area contributed by atoms with Gasteiger partial charge in [-0.3, -0.25) is 0 Å². The summed E-state index contributed by atoms with van der Waals surface area (Å²) in [7, 11) is 0. The van der Waals surface area contributed by atoms with E-state index in [-0.39, 0.29) is 0 Å². The van der Waals surface area contributed by atoms with E-state index in [1.807, 2.05) is 19.6 Å². The molecule has 178 valence electrons. The van der Waals surface area contributed by atoms with Crippen molar-refractivity contribution < 1.29 is 19.6 Å². The zero-order valence-corrected chi connectivity index (χ0v) is 20.8. The van der Waals surface area contributed by atoms with Crippen molar-refractivity contribution in [3.05, 3.63) is 0 Å². The Kier molecular flexibility index (Phi) is 5.72. The van der Waals surface area contributed by atoms with Crippen LogP contribution in [-0.4, -0.2) is 90.0 Å². The molecule has 32 heavy (non-hydrogen) atoms. The molecule has 8 rings (SSSR count). The van der Waals surface area contributed by atoms with Crippen LogP contribution in [0.4, 0.5) is 0 Å². The lowest BCUT2D eigenvalue weighted by Gasteiger charge is -2.47. The second-order valence-electron chi connectivity index (χ2n) is 12.7. The maximum atomic E-state index is 5.38. The molecule has 8 bridgehead atoms. The van der Waals surface area contributed by atoms with Gasteiger partial charge in [0.05, 0.1) is 75.6 Å². The molecule has 0 saturated carbocycles. The van der Waals surface area contributed by atoms with Gasteiger partial charge in [0.25, 0.3) is 0 Å².